The zero-order chi connectivity index (χ0) is 17.1. The zero-order valence-corrected chi connectivity index (χ0v) is 15.3. The third-order valence-electron chi connectivity index (χ3n) is 3.44. The van der Waals surface area contributed by atoms with E-state index < -0.39 is 10.0 Å². The molecule has 124 valence electrons. The van der Waals surface area contributed by atoms with Crippen LogP contribution >= 0.6 is 11.6 Å². The van der Waals surface area contributed by atoms with Crippen molar-refractivity contribution < 1.29 is 13.2 Å². The summed E-state index contributed by atoms with van der Waals surface area (Å²) in [6.45, 7) is 8.21. The topological polar surface area (TPSA) is 57.7 Å². The minimum Gasteiger partial charge on any atom is -0.342 e. The van der Waals surface area contributed by atoms with Crippen molar-refractivity contribution in [1.29, 1.82) is 0 Å². The van der Waals surface area contributed by atoms with Gasteiger partial charge in [-0.2, -0.15) is 0 Å². The number of halogens is 1. The predicted molar refractivity (Wildman–Crippen MR) is 91.0 cm³/mol. The molecule has 1 amide bonds. The Hall–Kier alpha value is -1.27. The van der Waals surface area contributed by atoms with Gasteiger partial charge < -0.3 is 4.90 Å². The fraction of sp³-hybridized carbons (Fsp3) is 0.533. The van der Waals surface area contributed by atoms with E-state index in [0.29, 0.717) is 23.8 Å². The normalized spacial score (nSPS) is 11.4. The maximum atomic E-state index is 12.3. The number of carbonyl (C=O) groups excluding carboxylic acids is 1. The number of aryl methyl sites for hydroxylation is 2. The summed E-state index contributed by atoms with van der Waals surface area (Å²) in [5.41, 5.74) is 2.04. The van der Waals surface area contributed by atoms with Gasteiger partial charge in [0.05, 0.1) is 17.0 Å². The number of nitrogens with zero attached hydrogens (tertiary/aromatic N) is 2. The molecule has 22 heavy (non-hydrogen) atoms. The highest BCUT2D eigenvalue weighted by Gasteiger charge is 2.26. The second-order valence-electron chi connectivity index (χ2n) is 5.25. The summed E-state index contributed by atoms with van der Waals surface area (Å²) in [4.78, 5) is 13.9. The van der Waals surface area contributed by atoms with Crippen molar-refractivity contribution in [2.24, 2.45) is 0 Å². The van der Waals surface area contributed by atoms with E-state index in [2.05, 4.69) is 0 Å². The largest absolute Gasteiger partial charge is 0.342 e. The number of carbonyl (C=O) groups is 1. The zero-order valence-electron chi connectivity index (χ0n) is 13.7. The average Bonchev–Trinajstić information content (AvgIpc) is 2.36. The summed E-state index contributed by atoms with van der Waals surface area (Å²) in [5, 5.41) is 0.329. The summed E-state index contributed by atoms with van der Waals surface area (Å²) < 4.78 is 25.4. The lowest BCUT2D eigenvalue weighted by Crippen LogP contribution is -2.43. The van der Waals surface area contributed by atoms with Gasteiger partial charge in [-0.3, -0.25) is 9.10 Å². The number of anilines is 1. The molecule has 0 spiro atoms. The van der Waals surface area contributed by atoms with Crippen LogP contribution in [0.1, 0.15) is 25.0 Å². The highest BCUT2D eigenvalue weighted by molar-refractivity contribution is 7.92. The monoisotopic (exact) mass is 346 g/mol. The first-order valence-corrected chi connectivity index (χ1v) is 9.36. The van der Waals surface area contributed by atoms with Crippen LogP contribution in [0.2, 0.25) is 5.02 Å². The Bertz CT molecular complexity index is 632. The van der Waals surface area contributed by atoms with Crippen molar-refractivity contribution in [2.45, 2.75) is 27.7 Å². The molecule has 0 radical (unpaired) electrons. The summed E-state index contributed by atoms with van der Waals surface area (Å²) >= 11 is 6.24. The molecule has 0 aromatic heterocycles. The fourth-order valence-corrected chi connectivity index (χ4v) is 3.78. The maximum absolute atomic E-state index is 12.3. The van der Waals surface area contributed by atoms with E-state index >= 15 is 0 Å². The number of sulfonamides is 1. The smallest absolute Gasteiger partial charge is 0.243 e. The van der Waals surface area contributed by atoms with Crippen LogP contribution in [0.4, 0.5) is 5.69 Å². The molecule has 0 aliphatic carbocycles. The highest BCUT2D eigenvalue weighted by Crippen LogP contribution is 2.32. The van der Waals surface area contributed by atoms with Gasteiger partial charge >= 0.3 is 0 Å². The molecular formula is C15H23ClN2O3S. The van der Waals surface area contributed by atoms with Crippen molar-refractivity contribution in [3.05, 3.63) is 28.3 Å². The molecule has 7 heteroatoms. The minimum atomic E-state index is -3.62. The Morgan fingerprint density at radius 2 is 1.73 bits per heavy atom. The van der Waals surface area contributed by atoms with E-state index in [1.54, 1.807) is 17.9 Å². The van der Waals surface area contributed by atoms with Gasteiger partial charge in [-0.25, -0.2) is 8.42 Å². The van der Waals surface area contributed by atoms with Crippen molar-refractivity contribution in [2.75, 3.05) is 30.2 Å². The Labute approximate surface area is 137 Å². The Kier molecular flexibility index (Phi) is 6.26. The lowest BCUT2D eigenvalue weighted by molar-refractivity contribution is -0.129. The molecule has 0 atom stereocenters. The molecular weight excluding hydrogens is 324 g/mol. The van der Waals surface area contributed by atoms with Crippen LogP contribution in [0.5, 0.6) is 0 Å². The molecule has 1 aromatic rings. The van der Waals surface area contributed by atoms with Crippen LogP contribution in [0, 0.1) is 13.8 Å². The van der Waals surface area contributed by atoms with Crippen molar-refractivity contribution in [3.63, 3.8) is 0 Å². The summed E-state index contributed by atoms with van der Waals surface area (Å²) in [6, 6.07) is 3.55. The highest BCUT2D eigenvalue weighted by atomic mass is 35.5. The van der Waals surface area contributed by atoms with E-state index in [0.717, 1.165) is 21.7 Å². The first-order chi connectivity index (χ1) is 10.1. The number of likely N-dealkylation sites (N-methyl/N-ethyl adjacent to an activating group) is 1. The van der Waals surface area contributed by atoms with Crippen molar-refractivity contribution >= 4 is 33.2 Å². The lowest BCUT2D eigenvalue weighted by Gasteiger charge is -2.28. The van der Waals surface area contributed by atoms with Gasteiger partial charge in [0.15, 0.2) is 0 Å². The SMILES string of the molecule is CCN(CC)C(=O)CN(c1c(C)cc(C)cc1Cl)S(C)(=O)=O. The minimum absolute atomic E-state index is 0.244. The average molecular weight is 347 g/mol. The van der Waals surface area contributed by atoms with Gasteiger partial charge in [-0.1, -0.05) is 17.7 Å². The van der Waals surface area contributed by atoms with Gasteiger partial charge in [0.1, 0.15) is 6.54 Å². The molecule has 0 aliphatic rings. The van der Waals surface area contributed by atoms with Crippen LogP contribution in [0.15, 0.2) is 12.1 Å². The molecule has 0 heterocycles. The second-order valence-corrected chi connectivity index (χ2v) is 7.56. The van der Waals surface area contributed by atoms with Gasteiger partial charge in [0.25, 0.3) is 0 Å². The molecule has 1 aromatic carbocycles. The van der Waals surface area contributed by atoms with E-state index in [1.807, 2.05) is 26.8 Å². The molecule has 0 saturated carbocycles. The first-order valence-electron chi connectivity index (χ1n) is 7.14. The third-order valence-corrected chi connectivity index (χ3v) is 4.84. The molecule has 0 bridgehead atoms. The lowest BCUT2D eigenvalue weighted by atomic mass is 10.1. The number of rotatable bonds is 6. The van der Waals surface area contributed by atoms with E-state index in [9.17, 15) is 13.2 Å². The number of benzene rings is 1. The van der Waals surface area contributed by atoms with Gasteiger partial charge in [0, 0.05) is 13.1 Å². The van der Waals surface area contributed by atoms with Crippen molar-refractivity contribution in [3.8, 4) is 0 Å². The molecule has 0 aliphatic heterocycles. The Balaban J connectivity index is 3.30. The van der Waals surface area contributed by atoms with Crippen molar-refractivity contribution in [1.82, 2.24) is 4.90 Å². The van der Waals surface area contributed by atoms with Gasteiger partial charge in [-0.15, -0.1) is 0 Å². The van der Waals surface area contributed by atoms with Crippen LogP contribution in [0.3, 0.4) is 0 Å². The Morgan fingerprint density at radius 1 is 1.18 bits per heavy atom. The second kappa shape index (κ2) is 7.33. The number of hydrogen-bond acceptors (Lipinski definition) is 3. The summed E-state index contributed by atoms with van der Waals surface area (Å²) in [6.07, 6.45) is 1.08. The fourth-order valence-electron chi connectivity index (χ4n) is 2.39. The van der Waals surface area contributed by atoms with Crippen LogP contribution < -0.4 is 4.31 Å². The van der Waals surface area contributed by atoms with Gasteiger partial charge in [-0.05, 0) is 44.9 Å². The summed E-state index contributed by atoms with van der Waals surface area (Å²) in [7, 11) is -3.62. The number of hydrogen-bond donors (Lipinski definition) is 0. The molecule has 0 unspecified atom stereocenters. The van der Waals surface area contributed by atoms with E-state index in [4.69, 9.17) is 11.6 Å². The molecule has 0 N–H and O–H groups in total. The quantitative estimate of drug-likeness (QED) is 0.795. The molecule has 0 saturated heterocycles. The number of amides is 1. The standard InChI is InChI=1S/C15H23ClN2O3S/c1-6-17(7-2)14(19)10-18(22(5,20)21)15-12(4)8-11(3)9-13(15)16/h8-9H,6-7,10H2,1-5H3. The van der Waals surface area contributed by atoms with E-state index in [1.165, 1.54) is 0 Å². The summed E-state index contributed by atoms with van der Waals surface area (Å²) in [5.74, 6) is -0.244. The van der Waals surface area contributed by atoms with Crippen LogP contribution in [-0.4, -0.2) is 45.1 Å². The third kappa shape index (κ3) is 4.36. The van der Waals surface area contributed by atoms with Gasteiger partial charge in [0.2, 0.25) is 15.9 Å². The molecule has 1 rings (SSSR count). The molecule has 5 nitrogen and oxygen atoms in total. The van der Waals surface area contributed by atoms with Crippen LogP contribution in [-0.2, 0) is 14.8 Å². The Morgan fingerprint density at radius 3 is 2.14 bits per heavy atom. The predicted octanol–water partition coefficient (Wildman–Crippen LogP) is 2.59. The van der Waals surface area contributed by atoms with E-state index in [-0.39, 0.29) is 12.5 Å². The maximum Gasteiger partial charge on any atom is 0.243 e. The van der Waals surface area contributed by atoms with Crippen LogP contribution in [0.25, 0.3) is 0 Å². The molecule has 0 fully saturated rings. The first kappa shape index (κ1) is 18.8.